The third kappa shape index (κ3) is 3.10. The second-order valence-electron chi connectivity index (χ2n) is 8.50. The summed E-state index contributed by atoms with van der Waals surface area (Å²) in [5.41, 5.74) is 7.00. The van der Waals surface area contributed by atoms with Crippen LogP contribution in [0.5, 0.6) is 11.5 Å². The van der Waals surface area contributed by atoms with E-state index < -0.39 is 0 Å². The molecule has 31 heavy (non-hydrogen) atoms. The number of carbonyl (C=O) groups is 1. The largest absolute Gasteiger partial charge is 0.457 e. The number of fused-ring (bicyclic) bond motifs is 5. The van der Waals surface area contributed by atoms with Crippen molar-refractivity contribution in [3.8, 4) is 11.5 Å². The molecule has 0 saturated carbocycles. The van der Waals surface area contributed by atoms with Crippen LogP contribution in [-0.4, -0.2) is 10.9 Å². The van der Waals surface area contributed by atoms with Crippen LogP contribution in [0.4, 0.5) is 0 Å². The summed E-state index contributed by atoms with van der Waals surface area (Å²) in [4.78, 5) is 17.0. The summed E-state index contributed by atoms with van der Waals surface area (Å²) >= 11 is 0. The minimum absolute atomic E-state index is 0.000561. The molecule has 4 aromatic rings. The predicted molar refractivity (Wildman–Crippen MR) is 122 cm³/mol. The molecule has 0 saturated heterocycles. The number of rotatable bonds is 3. The topological polar surface area (TPSA) is 54.1 Å². The van der Waals surface area contributed by atoms with Crippen molar-refractivity contribution in [1.29, 1.82) is 0 Å². The maximum absolute atomic E-state index is 13.4. The lowest BCUT2D eigenvalue weighted by Gasteiger charge is -2.27. The third-order valence-electron chi connectivity index (χ3n) is 6.57. The Kier molecular flexibility index (Phi) is 4.30. The summed E-state index contributed by atoms with van der Waals surface area (Å²) in [6, 6.07) is 22.1. The molecular weight excluding hydrogens is 384 g/mol. The van der Waals surface area contributed by atoms with Gasteiger partial charge in [-0.3, -0.25) is 4.79 Å². The van der Waals surface area contributed by atoms with Gasteiger partial charge in [-0.1, -0.05) is 42.5 Å². The van der Waals surface area contributed by atoms with Crippen LogP contribution in [0.25, 0.3) is 10.9 Å². The molecule has 0 bridgehead atoms. The molecule has 2 aliphatic rings. The second kappa shape index (κ2) is 7.31. The average Bonchev–Trinajstić information content (AvgIpc) is 3.19. The molecule has 6 rings (SSSR count). The van der Waals surface area contributed by atoms with Crippen molar-refractivity contribution < 1.29 is 9.53 Å². The van der Waals surface area contributed by atoms with Crippen LogP contribution in [0.2, 0.25) is 0 Å². The predicted octanol–water partition coefficient (Wildman–Crippen LogP) is 5.60. The number of H-pyrrole nitrogens is 1. The van der Waals surface area contributed by atoms with Crippen molar-refractivity contribution in [2.75, 3.05) is 0 Å². The zero-order chi connectivity index (χ0) is 20.8. The Hall–Kier alpha value is -3.53. The molecule has 0 fully saturated rings. The van der Waals surface area contributed by atoms with E-state index in [1.165, 1.54) is 35.0 Å². The number of hydrogen-bond donors (Lipinski definition) is 2. The molecule has 0 unspecified atom stereocenters. The molecule has 1 aromatic heterocycles. The lowest BCUT2D eigenvalue weighted by molar-refractivity contribution is -0.122. The van der Waals surface area contributed by atoms with Gasteiger partial charge in [-0.15, -0.1) is 0 Å². The van der Waals surface area contributed by atoms with E-state index in [0.717, 1.165) is 41.0 Å². The van der Waals surface area contributed by atoms with E-state index in [1.807, 2.05) is 48.5 Å². The van der Waals surface area contributed by atoms with Gasteiger partial charge in [-0.05, 0) is 61.1 Å². The van der Waals surface area contributed by atoms with Gasteiger partial charge in [0.1, 0.15) is 11.5 Å². The molecule has 3 aromatic carbocycles. The zero-order valence-electron chi connectivity index (χ0n) is 17.3. The quantitative estimate of drug-likeness (QED) is 0.464. The molecule has 0 atom stereocenters. The monoisotopic (exact) mass is 408 g/mol. The van der Waals surface area contributed by atoms with Gasteiger partial charge >= 0.3 is 0 Å². The number of aromatic nitrogens is 1. The van der Waals surface area contributed by atoms with Crippen LogP contribution in [0, 0.1) is 0 Å². The number of hydrogen-bond acceptors (Lipinski definition) is 2. The van der Waals surface area contributed by atoms with Gasteiger partial charge in [0.15, 0.2) is 0 Å². The highest BCUT2D eigenvalue weighted by Crippen LogP contribution is 2.43. The van der Waals surface area contributed by atoms with Crippen molar-refractivity contribution >= 4 is 16.8 Å². The molecule has 154 valence electrons. The summed E-state index contributed by atoms with van der Waals surface area (Å²) < 4.78 is 6.03. The van der Waals surface area contributed by atoms with Gasteiger partial charge in [0, 0.05) is 34.3 Å². The molecule has 1 aliphatic heterocycles. The van der Waals surface area contributed by atoms with E-state index in [1.54, 1.807) is 0 Å². The van der Waals surface area contributed by atoms with E-state index >= 15 is 0 Å². The van der Waals surface area contributed by atoms with Gasteiger partial charge in [0.25, 0.3) is 0 Å². The SMILES string of the molecule is O=C(NCc1ccc2[nH]c3c(c2c1)CCCC3)C1c2ccccc2Oc2ccccc21. The number of ether oxygens (including phenoxy) is 1. The normalized spacial score (nSPS) is 15.0. The zero-order valence-corrected chi connectivity index (χ0v) is 17.3. The van der Waals surface area contributed by atoms with Gasteiger partial charge < -0.3 is 15.0 Å². The van der Waals surface area contributed by atoms with Crippen LogP contribution in [0.3, 0.4) is 0 Å². The Bertz CT molecular complexity index is 1260. The van der Waals surface area contributed by atoms with Crippen LogP contribution in [-0.2, 0) is 24.2 Å². The second-order valence-corrected chi connectivity index (χ2v) is 8.50. The van der Waals surface area contributed by atoms with Crippen LogP contribution >= 0.6 is 0 Å². The summed E-state index contributed by atoms with van der Waals surface area (Å²) in [7, 11) is 0. The van der Waals surface area contributed by atoms with Crippen molar-refractivity contribution in [3.63, 3.8) is 0 Å². The number of carbonyl (C=O) groups excluding carboxylic acids is 1. The highest BCUT2D eigenvalue weighted by Gasteiger charge is 2.32. The molecule has 0 spiro atoms. The van der Waals surface area contributed by atoms with Crippen molar-refractivity contribution in [1.82, 2.24) is 10.3 Å². The highest BCUT2D eigenvalue weighted by molar-refractivity contribution is 5.90. The molecule has 4 nitrogen and oxygen atoms in total. The molecule has 2 N–H and O–H groups in total. The summed E-state index contributed by atoms with van der Waals surface area (Å²) in [6.45, 7) is 0.510. The van der Waals surface area contributed by atoms with E-state index in [9.17, 15) is 4.79 Å². The average molecular weight is 409 g/mol. The van der Waals surface area contributed by atoms with E-state index in [4.69, 9.17) is 4.74 Å². The van der Waals surface area contributed by atoms with Crippen molar-refractivity contribution in [3.05, 3.63) is 94.7 Å². The minimum Gasteiger partial charge on any atom is -0.457 e. The number of para-hydroxylation sites is 2. The van der Waals surface area contributed by atoms with Gasteiger partial charge in [-0.25, -0.2) is 0 Å². The molecule has 2 heterocycles. The molecule has 1 amide bonds. The fraction of sp³-hybridized carbons (Fsp3) is 0.222. The van der Waals surface area contributed by atoms with Crippen molar-refractivity contribution in [2.24, 2.45) is 0 Å². The number of nitrogens with one attached hydrogen (secondary N) is 2. The fourth-order valence-electron chi connectivity index (χ4n) is 5.05. The van der Waals surface area contributed by atoms with Crippen LogP contribution < -0.4 is 10.1 Å². The lowest BCUT2D eigenvalue weighted by atomic mass is 9.87. The Morgan fingerprint density at radius 3 is 2.42 bits per heavy atom. The first-order valence-corrected chi connectivity index (χ1v) is 11.0. The number of aromatic amines is 1. The van der Waals surface area contributed by atoms with E-state index in [0.29, 0.717) is 6.54 Å². The Labute approximate surface area is 181 Å². The first kappa shape index (κ1) is 18.3. The molecule has 4 heteroatoms. The summed E-state index contributed by atoms with van der Waals surface area (Å²) in [5, 5.41) is 4.49. The molecule has 0 radical (unpaired) electrons. The van der Waals surface area contributed by atoms with E-state index in [-0.39, 0.29) is 11.8 Å². The number of aryl methyl sites for hydroxylation is 2. The molecular formula is C27H24N2O2. The summed E-state index contributed by atoms with van der Waals surface area (Å²) in [5.74, 6) is 1.13. The number of benzene rings is 3. The minimum atomic E-state index is -0.370. The Morgan fingerprint density at radius 1 is 0.935 bits per heavy atom. The maximum Gasteiger partial charge on any atom is 0.232 e. The van der Waals surface area contributed by atoms with Gasteiger partial charge in [0.2, 0.25) is 5.91 Å². The Morgan fingerprint density at radius 2 is 1.65 bits per heavy atom. The third-order valence-corrected chi connectivity index (χ3v) is 6.57. The number of amides is 1. The Balaban J connectivity index is 1.28. The van der Waals surface area contributed by atoms with Crippen LogP contribution in [0.15, 0.2) is 66.7 Å². The van der Waals surface area contributed by atoms with Crippen LogP contribution in [0.1, 0.15) is 46.7 Å². The maximum atomic E-state index is 13.4. The molecule has 1 aliphatic carbocycles. The fourth-order valence-corrected chi connectivity index (χ4v) is 5.05. The lowest BCUT2D eigenvalue weighted by Crippen LogP contribution is -2.31. The first-order valence-electron chi connectivity index (χ1n) is 11.0. The summed E-state index contributed by atoms with van der Waals surface area (Å²) in [6.07, 6.45) is 4.79. The first-order chi connectivity index (χ1) is 15.3. The van der Waals surface area contributed by atoms with E-state index in [2.05, 4.69) is 28.5 Å². The standard InChI is InChI=1S/C27H24N2O2/c30-27(26-19-8-2-5-11-24(19)31-25-12-6-3-9-20(25)26)28-16-17-13-14-23-21(15-17)18-7-1-4-10-22(18)29-23/h2-3,5-6,8-9,11-15,26,29H,1,4,7,10,16H2,(H,28,30). The van der Waals surface area contributed by atoms with Gasteiger partial charge in [-0.2, -0.15) is 0 Å². The highest BCUT2D eigenvalue weighted by atomic mass is 16.5. The smallest absolute Gasteiger partial charge is 0.232 e. The van der Waals surface area contributed by atoms with Crippen molar-refractivity contribution in [2.45, 2.75) is 38.1 Å². The van der Waals surface area contributed by atoms with Gasteiger partial charge in [0.05, 0.1) is 5.92 Å².